The summed E-state index contributed by atoms with van der Waals surface area (Å²) in [5.41, 5.74) is 6.39. The van der Waals surface area contributed by atoms with Crippen molar-refractivity contribution in [2.24, 2.45) is 0 Å². The Kier molecular flexibility index (Phi) is 7.61. The zero-order valence-corrected chi connectivity index (χ0v) is 23.0. The van der Waals surface area contributed by atoms with Gasteiger partial charge in [-0.1, -0.05) is 36.4 Å². The number of furan rings is 1. The summed E-state index contributed by atoms with van der Waals surface area (Å²) in [5.74, 6) is 1.39. The first-order valence-corrected chi connectivity index (χ1v) is 14.1. The molecule has 6 rings (SSSR count). The van der Waals surface area contributed by atoms with Crippen LogP contribution in [0.15, 0.2) is 95.1 Å². The maximum atomic E-state index is 12.6. The molecule has 0 bridgehead atoms. The number of ether oxygens (including phenoxy) is 1. The lowest BCUT2D eigenvalue weighted by atomic mass is 10.0. The van der Waals surface area contributed by atoms with E-state index in [4.69, 9.17) is 9.15 Å². The molecule has 0 saturated heterocycles. The van der Waals surface area contributed by atoms with E-state index in [1.807, 2.05) is 36.4 Å². The van der Waals surface area contributed by atoms with Crippen LogP contribution in [0.2, 0.25) is 0 Å². The summed E-state index contributed by atoms with van der Waals surface area (Å²) in [4.78, 5) is 22.7. The van der Waals surface area contributed by atoms with Crippen LogP contribution in [0, 0.1) is 0 Å². The largest absolute Gasteiger partial charge is 0.483 e. The zero-order chi connectivity index (χ0) is 27.3. The topological polar surface area (TPSA) is 83.4 Å². The number of imidazole rings is 1. The number of nitrogens with zero attached hydrogens (tertiary/aromatic N) is 2. The highest BCUT2D eigenvalue weighted by atomic mass is 32.1. The number of amides is 1. The Morgan fingerprint density at radius 2 is 1.95 bits per heavy atom. The van der Waals surface area contributed by atoms with Gasteiger partial charge >= 0.3 is 0 Å². The molecular formula is C32H30N4O3S. The van der Waals surface area contributed by atoms with E-state index >= 15 is 0 Å². The fourth-order valence-corrected chi connectivity index (χ4v) is 5.86. The van der Waals surface area contributed by atoms with Gasteiger partial charge in [0.05, 0.1) is 23.6 Å². The minimum absolute atomic E-state index is 0.0562. The SMILES string of the molecule is CN(Cc1ccoc1)Cc1cc(-c2csc3ccccc23)ccc1OCC(=O)NCCc1nc2ccccc2[nH]1. The zero-order valence-electron chi connectivity index (χ0n) is 22.2. The second-order valence-corrected chi connectivity index (χ2v) is 10.8. The van der Waals surface area contributed by atoms with Crippen molar-refractivity contribution in [1.82, 2.24) is 20.2 Å². The summed E-state index contributed by atoms with van der Waals surface area (Å²) in [6, 6.07) is 24.5. The first-order valence-electron chi connectivity index (χ1n) is 13.2. The van der Waals surface area contributed by atoms with E-state index in [1.165, 1.54) is 15.6 Å². The molecule has 0 aliphatic carbocycles. The number of H-pyrrole nitrogens is 1. The number of aromatic nitrogens is 2. The van der Waals surface area contributed by atoms with Crippen molar-refractivity contribution in [2.75, 3.05) is 20.2 Å². The molecule has 1 amide bonds. The molecule has 0 aliphatic rings. The maximum Gasteiger partial charge on any atom is 0.257 e. The number of para-hydroxylation sites is 2. The average molecular weight is 551 g/mol. The van der Waals surface area contributed by atoms with E-state index in [-0.39, 0.29) is 12.5 Å². The molecule has 40 heavy (non-hydrogen) atoms. The standard InChI is InChI=1S/C32H30N4O3S/c1-36(17-22-13-15-38-19-22)18-24-16-23(26-21-40-30-9-5-2-6-25(26)30)10-11-29(24)39-20-32(37)33-14-12-31-34-27-7-3-4-8-28(27)35-31/h2-11,13,15-16,19,21H,12,14,17-18,20H2,1H3,(H,33,37)(H,34,35). The van der Waals surface area contributed by atoms with Crippen molar-refractivity contribution in [1.29, 1.82) is 0 Å². The Bertz CT molecular complexity index is 1700. The minimum Gasteiger partial charge on any atom is -0.483 e. The van der Waals surface area contributed by atoms with Gasteiger partial charge in [-0.2, -0.15) is 0 Å². The number of nitrogens with one attached hydrogen (secondary N) is 2. The van der Waals surface area contributed by atoms with Crippen molar-refractivity contribution < 1.29 is 13.9 Å². The number of thiophene rings is 1. The monoisotopic (exact) mass is 550 g/mol. The quantitative estimate of drug-likeness (QED) is 0.195. The van der Waals surface area contributed by atoms with Gasteiger partial charge < -0.3 is 19.5 Å². The predicted octanol–water partition coefficient (Wildman–Crippen LogP) is 6.41. The van der Waals surface area contributed by atoms with E-state index in [2.05, 4.69) is 69.0 Å². The lowest BCUT2D eigenvalue weighted by Crippen LogP contribution is -2.31. The molecule has 0 aliphatic heterocycles. The summed E-state index contributed by atoms with van der Waals surface area (Å²) >= 11 is 1.74. The van der Waals surface area contributed by atoms with Crippen molar-refractivity contribution in [2.45, 2.75) is 19.5 Å². The van der Waals surface area contributed by atoms with E-state index in [0.29, 0.717) is 25.3 Å². The van der Waals surface area contributed by atoms with E-state index in [1.54, 1.807) is 23.9 Å². The van der Waals surface area contributed by atoms with Gasteiger partial charge in [0.2, 0.25) is 0 Å². The molecule has 0 fully saturated rings. The third-order valence-corrected chi connectivity index (χ3v) is 7.77. The first kappa shape index (κ1) is 25.9. The van der Waals surface area contributed by atoms with Crippen LogP contribution >= 0.6 is 11.3 Å². The average Bonchev–Trinajstić information content (AvgIpc) is 3.72. The molecule has 2 N–H and O–H groups in total. The van der Waals surface area contributed by atoms with Crippen LogP contribution in [-0.4, -0.2) is 41.0 Å². The van der Waals surface area contributed by atoms with Crippen LogP contribution in [0.1, 0.15) is 17.0 Å². The van der Waals surface area contributed by atoms with E-state index in [9.17, 15) is 4.79 Å². The summed E-state index contributed by atoms with van der Waals surface area (Å²) in [6.45, 7) is 1.82. The van der Waals surface area contributed by atoms with Crippen molar-refractivity contribution >= 4 is 38.4 Å². The van der Waals surface area contributed by atoms with Gasteiger partial charge in [-0.3, -0.25) is 9.69 Å². The minimum atomic E-state index is -0.165. The van der Waals surface area contributed by atoms with Crippen LogP contribution < -0.4 is 10.1 Å². The molecule has 8 heteroatoms. The molecule has 3 heterocycles. The van der Waals surface area contributed by atoms with Crippen LogP contribution in [0.5, 0.6) is 5.75 Å². The molecule has 0 saturated carbocycles. The summed E-state index contributed by atoms with van der Waals surface area (Å²) in [6.07, 6.45) is 4.07. The lowest BCUT2D eigenvalue weighted by molar-refractivity contribution is -0.123. The molecule has 3 aromatic heterocycles. The molecule has 0 radical (unpaired) electrons. The van der Waals surface area contributed by atoms with E-state index < -0.39 is 0 Å². The van der Waals surface area contributed by atoms with Crippen molar-refractivity contribution in [3.63, 3.8) is 0 Å². The van der Waals surface area contributed by atoms with Crippen LogP contribution in [0.4, 0.5) is 0 Å². The molecule has 7 nitrogen and oxygen atoms in total. The molecule has 0 unspecified atom stereocenters. The molecule has 0 atom stereocenters. The van der Waals surface area contributed by atoms with Crippen LogP contribution in [0.25, 0.3) is 32.2 Å². The molecular weight excluding hydrogens is 520 g/mol. The van der Waals surface area contributed by atoms with Gasteiger partial charge in [0.1, 0.15) is 11.6 Å². The molecule has 0 spiro atoms. The molecule has 6 aromatic rings. The smallest absolute Gasteiger partial charge is 0.257 e. The van der Waals surface area contributed by atoms with Crippen molar-refractivity contribution in [3.05, 3.63) is 108 Å². The predicted molar refractivity (Wildman–Crippen MR) is 159 cm³/mol. The van der Waals surface area contributed by atoms with Gasteiger partial charge in [-0.15, -0.1) is 11.3 Å². The van der Waals surface area contributed by atoms with Gasteiger partial charge in [0.15, 0.2) is 6.61 Å². The Labute approximate surface area is 236 Å². The van der Waals surface area contributed by atoms with Gasteiger partial charge in [0, 0.05) is 52.8 Å². The summed E-state index contributed by atoms with van der Waals surface area (Å²) in [5, 5.41) is 6.39. The number of hydrogen-bond donors (Lipinski definition) is 2. The third kappa shape index (κ3) is 5.93. The highest BCUT2D eigenvalue weighted by Gasteiger charge is 2.14. The van der Waals surface area contributed by atoms with Gasteiger partial charge in [0.25, 0.3) is 5.91 Å². The number of carbonyl (C=O) groups is 1. The Balaban J connectivity index is 1.13. The summed E-state index contributed by atoms with van der Waals surface area (Å²) in [7, 11) is 2.06. The first-order chi connectivity index (χ1) is 19.6. The number of aromatic amines is 1. The second-order valence-electron chi connectivity index (χ2n) is 9.86. The van der Waals surface area contributed by atoms with Crippen LogP contribution in [-0.2, 0) is 24.3 Å². The Morgan fingerprint density at radius 1 is 1.07 bits per heavy atom. The molecule has 3 aromatic carbocycles. The second kappa shape index (κ2) is 11.8. The van der Waals surface area contributed by atoms with Crippen molar-refractivity contribution in [3.8, 4) is 16.9 Å². The Morgan fingerprint density at radius 3 is 2.83 bits per heavy atom. The maximum absolute atomic E-state index is 12.6. The normalized spacial score (nSPS) is 11.4. The highest BCUT2D eigenvalue weighted by molar-refractivity contribution is 7.17. The number of carbonyl (C=O) groups excluding carboxylic acids is 1. The Hall–Kier alpha value is -4.40. The number of rotatable bonds is 11. The highest BCUT2D eigenvalue weighted by Crippen LogP contribution is 2.36. The van der Waals surface area contributed by atoms with Gasteiger partial charge in [-0.05, 0) is 54.4 Å². The number of fused-ring (bicyclic) bond motifs is 2. The van der Waals surface area contributed by atoms with Crippen LogP contribution in [0.3, 0.4) is 0 Å². The number of hydrogen-bond acceptors (Lipinski definition) is 6. The number of benzene rings is 3. The van der Waals surface area contributed by atoms with E-state index in [0.717, 1.165) is 40.1 Å². The molecule has 202 valence electrons. The lowest BCUT2D eigenvalue weighted by Gasteiger charge is -2.19. The van der Waals surface area contributed by atoms with Gasteiger partial charge in [-0.25, -0.2) is 4.98 Å². The fourth-order valence-electron chi connectivity index (χ4n) is 4.89. The summed E-state index contributed by atoms with van der Waals surface area (Å²) < 4.78 is 12.6. The third-order valence-electron chi connectivity index (χ3n) is 6.81. The fraction of sp³-hybridized carbons (Fsp3) is 0.188.